The van der Waals surface area contributed by atoms with E-state index in [0.717, 1.165) is 49.6 Å². The molecular weight excluding hydrogens is 474 g/mol. The second kappa shape index (κ2) is 10.3. The molecule has 2 heterocycles. The molecule has 0 unspecified atom stereocenters. The van der Waals surface area contributed by atoms with Crippen molar-refractivity contribution in [2.75, 3.05) is 37.7 Å². The Bertz CT molecular complexity index is 981. The molecule has 9 atom stereocenters. The minimum atomic E-state index is -0.139. The lowest BCUT2D eigenvalue weighted by atomic mass is 9.44. The third-order valence-electron chi connectivity index (χ3n) is 12.4. The normalized spacial score (nSPS) is 41.6. The van der Waals surface area contributed by atoms with Crippen molar-refractivity contribution in [1.82, 2.24) is 9.88 Å². The van der Waals surface area contributed by atoms with Gasteiger partial charge in [0.25, 0.3) is 0 Å². The first-order chi connectivity index (χ1) is 18.3. The van der Waals surface area contributed by atoms with Crippen LogP contribution in [0, 0.1) is 46.3 Å². The molecule has 210 valence electrons. The molecule has 1 aliphatic heterocycles. The van der Waals surface area contributed by atoms with E-state index in [4.69, 9.17) is 4.74 Å². The van der Waals surface area contributed by atoms with Crippen LogP contribution in [0.2, 0.25) is 0 Å². The molecule has 0 radical (unpaired) electrons. The fourth-order valence-corrected chi connectivity index (χ4v) is 10.3. The van der Waals surface area contributed by atoms with Gasteiger partial charge in [0.05, 0.1) is 12.7 Å². The molecule has 1 amide bonds. The van der Waals surface area contributed by atoms with Crippen LogP contribution >= 0.6 is 0 Å². The van der Waals surface area contributed by atoms with Gasteiger partial charge in [-0.2, -0.15) is 0 Å². The highest BCUT2D eigenvalue weighted by Crippen LogP contribution is 2.68. The van der Waals surface area contributed by atoms with Crippen LogP contribution in [0.4, 0.5) is 10.5 Å². The first kappa shape index (κ1) is 26.4. The van der Waals surface area contributed by atoms with Gasteiger partial charge < -0.3 is 19.6 Å². The van der Waals surface area contributed by atoms with Gasteiger partial charge in [-0.3, -0.25) is 4.98 Å². The minimum Gasteiger partial charge on any atom is -0.449 e. The van der Waals surface area contributed by atoms with Crippen LogP contribution in [-0.2, 0) is 4.74 Å². The lowest BCUT2D eigenvalue weighted by molar-refractivity contribution is -0.130. The van der Waals surface area contributed by atoms with Crippen LogP contribution in [0.25, 0.3) is 0 Å². The number of carbonyl (C=O) groups is 1. The van der Waals surface area contributed by atoms with Gasteiger partial charge in [0, 0.05) is 44.3 Å². The summed E-state index contributed by atoms with van der Waals surface area (Å²) in [4.78, 5) is 21.3. The van der Waals surface area contributed by atoms with Gasteiger partial charge in [0.1, 0.15) is 0 Å². The monoisotopic (exact) mass is 523 g/mol. The molecule has 4 aliphatic carbocycles. The van der Waals surface area contributed by atoms with E-state index in [9.17, 15) is 9.90 Å². The number of amides is 1. The summed E-state index contributed by atoms with van der Waals surface area (Å²) < 4.78 is 5.96. The largest absolute Gasteiger partial charge is 0.449 e. The van der Waals surface area contributed by atoms with Crippen molar-refractivity contribution in [2.45, 2.75) is 84.7 Å². The molecule has 5 aliphatic rings. The number of pyridine rings is 1. The van der Waals surface area contributed by atoms with Crippen molar-refractivity contribution in [1.29, 1.82) is 0 Å². The molecule has 6 heteroatoms. The molecule has 6 nitrogen and oxygen atoms in total. The lowest BCUT2D eigenvalue weighted by Gasteiger charge is -2.61. The smallest absolute Gasteiger partial charge is 0.409 e. The van der Waals surface area contributed by atoms with Crippen LogP contribution in [0.1, 0.15) is 78.6 Å². The van der Waals surface area contributed by atoms with E-state index in [-0.39, 0.29) is 12.2 Å². The summed E-state index contributed by atoms with van der Waals surface area (Å²) in [7, 11) is 0. The summed E-state index contributed by atoms with van der Waals surface area (Å²) in [6.45, 7) is 11.1. The Morgan fingerprint density at radius 2 is 1.71 bits per heavy atom. The molecule has 0 spiro atoms. The Hall–Kier alpha value is -1.82. The van der Waals surface area contributed by atoms with Crippen LogP contribution in [0.15, 0.2) is 24.5 Å². The molecule has 0 aromatic carbocycles. The summed E-state index contributed by atoms with van der Waals surface area (Å²) in [6.07, 6.45) is 14.7. The highest BCUT2D eigenvalue weighted by Gasteiger charge is 2.60. The number of aliphatic hydroxyl groups is 1. The number of aromatic nitrogens is 1. The quantitative estimate of drug-likeness (QED) is 0.525. The molecule has 1 aromatic rings. The van der Waals surface area contributed by atoms with Crippen molar-refractivity contribution >= 4 is 11.8 Å². The van der Waals surface area contributed by atoms with Crippen LogP contribution in [0.5, 0.6) is 0 Å². The van der Waals surface area contributed by atoms with E-state index in [0.29, 0.717) is 42.4 Å². The number of hydrogen-bond acceptors (Lipinski definition) is 5. The summed E-state index contributed by atoms with van der Waals surface area (Å²) >= 11 is 0. The van der Waals surface area contributed by atoms with Crippen LogP contribution in [-0.4, -0.2) is 60.0 Å². The van der Waals surface area contributed by atoms with Crippen molar-refractivity contribution < 1.29 is 14.6 Å². The number of nitrogens with zero attached hydrogens (tertiary/aromatic N) is 3. The van der Waals surface area contributed by atoms with E-state index in [1.807, 2.05) is 29.4 Å². The highest BCUT2D eigenvalue weighted by atomic mass is 16.6. The van der Waals surface area contributed by atoms with Gasteiger partial charge >= 0.3 is 6.09 Å². The minimum absolute atomic E-state index is 0.0665. The van der Waals surface area contributed by atoms with E-state index >= 15 is 0 Å². The maximum Gasteiger partial charge on any atom is 0.409 e. The van der Waals surface area contributed by atoms with Crippen molar-refractivity contribution in [3.05, 3.63) is 24.5 Å². The van der Waals surface area contributed by atoms with E-state index in [2.05, 4.69) is 30.7 Å². The Morgan fingerprint density at radius 1 is 1.00 bits per heavy atom. The van der Waals surface area contributed by atoms with Gasteiger partial charge in [-0.05, 0) is 116 Å². The van der Waals surface area contributed by atoms with Crippen molar-refractivity contribution in [3.63, 3.8) is 0 Å². The second-order valence-electron chi connectivity index (χ2n) is 14.0. The van der Waals surface area contributed by atoms with Crippen LogP contribution < -0.4 is 4.90 Å². The summed E-state index contributed by atoms with van der Waals surface area (Å²) in [5.74, 6) is 4.27. The lowest BCUT2D eigenvalue weighted by Crippen LogP contribution is -2.54. The fourth-order valence-electron chi connectivity index (χ4n) is 10.3. The van der Waals surface area contributed by atoms with Gasteiger partial charge in [-0.15, -0.1) is 0 Å². The highest BCUT2D eigenvalue weighted by molar-refractivity contribution is 5.68. The molecule has 0 bridgehead atoms. The average Bonchev–Trinajstić information content (AvgIpc) is 3.30. The first-order valence-electron chi connectivity index (χ1n) is 15.5. The third-order valence-corrected chi connectivity index (χ3v) is 12.4. The number of hydrogen-bond donors (Lipinski definition) is 1. The van der Waals surface area contributed by atoms with Gasteiger partial charge in [-0.1, -0.05) is 20.8 Å². The molecule has 4 saturated carbocycles. The van der Waals surface area contributed by atoms with E-state index < -0.39 is 0 Å². The van der Waals surface area contributed by atoms with Gasteiger partial charge in [0.2, 0.25) is 0 Å². The Kier molecular flexibility index (Phi) is 7.15. The number of ether oxygens (including phenoxy) is 1. The number of aliphatic hydroxyl groups excluding tert-OH is 1. The molecule has 6 rings (SSSR count). The maximum atomic E-state index is 13.0. The fraction of sp³-hybridized carbons (Fsp3) is 0.812. The molecule has 1 saturated heterocycles. The average molecular weight is 524 g/mol. The Morgan fingerprint density at radius 3 is 2.47 bits per heavy atom. The predicted molar refractivity (Wildman–Crippen MR) is 150 cm³/mol. The number of piperazine rings is 1. The van der Waals surface area contributed by atoms with E-state index in [1.54, 1.807) is 0 Å². The molecule has 38 heavy (non-hydrogen) atoms. The van der Waals surface area contributed by atoms with Crippen molar-refractivity contribution in [2.24, 2.45) is 46.3 Å². The number of carbonyl (C=O) groups excluding carboxylic acids is 1. The van der Waals surface area contributed by atoms with Gasteiger partial charge in [-0.25, -0.2) is 4.79 Å². The zero-order chi connectivity index (χ0) is 26.5. The predicted octanol–water partition coefficient (Wildman–Crippen LogP) is 6.00. The van der Waals surface area contributed by atoms with Gasteiger partial charge in [0.15, 0.2) is 0 Å². The maximum absolute atomic E-state index is 13.0. The molecule has 5 fully saturated rings. The standard InChI is InChI=1S/C32H49N3O3/c1-22(21-38-30(37)35-18-16-34(17-19-35)24-10-14-33-15-11-24)27-6-7-28-26-5-4-23-20-25(36)8-12-31(23,2)29(26)9-13-32(27,28)3/h10-11,14-15,22-23,25-29,36H,4-9,12-13,16-21H2,1-3H3/t22-,23+,25+,26+,27-,28+,29+,31+,32-/m1/s1. The first-order valence-corrected chi connectivity index (χ1v) is 15.5. The Balaban J connectivity index is 1.03. The zero-order valence-corrected chi connectivity index (χ0v) is 23.9. The summed E-state index contributed by atoms with van der Waals surface area (Å²) in [5, 5.41) is 10.3. The number of anilines is 1. The third kappa shape index (κ3) is 4.53. The van der Waals surface area contributed by atoms with E-state index in [1.165, 1.54) is 50.6 Å². The Labute approximate surface area is 229 Å². The van der Waals surface area contributed by atoms with Crippen LogP contribution in [0.3, 0.4) is 0 Å². The SMILES string of the molecule is C[C@H](COC(=O)N1CCN(c2ccncc2)CC1)[C@H]1CC[C@H]2[C@@H]3CC[C@H]4C[C@@H](O)CC[C@]4(C)[C@H]3CC[C@]12C. The second-order valence-corrected chi connectivity index (χ2v) is 14.0. The number of rotatable bonds is 4. The summed E-state index contributed by atoms with van der Waals surface area (Å²) in [6, 6.07) is 4.06. The number of fused-ring (bicyclic) bond motifs is 5. The molecule has 1 N–H and O–H groups in total. The molecule has 1 aromatic heterocycles. The van der Waals surface area contributed by atoms with Crippen molar-refractivity contribution in [3.8, 4) is 0 Å². The summed E-state index contributed by atoms with van der Waals surface area (Å²) in [5.41, 5.74) is 1.98. The molecular formula is C32H49N3O3. The topological polar surface area (TPSA) is 65.9 Å². The zero-order valence-electron chi connectivity index (χ0n) is 23.9.